The van der Waals surface area contributed by atoms with E-state index in [2.05, 4.69) is 25.6 Å². The SMILES string of the molecule is COC(=O)Cn1nnnc1SCCN1CCNC1=O. The molecule has 2 amide bonds. The molecule has 0 aromatic carbocycles. The Labute approximate surface area is 113 Å². The third-order valence-corrected chi connectivity index (χ3v) is 3.48. The number of ether oxygens (including phenoxy) is 1. The molecule has 1 fully saturated rings. The molecule has 0 spiro atoms. The summed E-state index contributed by atoms with van der Waals surface area (Å²) in [6.07, 6.45) is 0. The summed E-state index contributed by atoms with van der Waals surface area (Å²) >= 11 is 1.39. The minimum atomic E-state index is -0.409. The van der Waals surface area contributed by atoms with Gasteiger partial charge in [0.2, 0.25) is 5.16 Å². The van der Waals surface area contributed by atoms with E-state index in [0.29, 0.717) is 30.5 Å². The minimum absolute atomic E-state index is 0.0178. The van der Waals surface area contributed by atoms with Crippen molar-refractivity contribution >= 4 is 23.8 Å². The molecule has 19 heavy (non-hydrogen) atoms. The van der Waals surface area contributed by atoms with E-state index in [0.717, 1.165) is 0 Å². The van der Waals surface area contributed by atoms with E-state index in [4.69, 9.17) is 0 Å². The van der Waals surface area contributed by atoms with Crippen molar-refractivity contribution in [1.82, 2.24) is 30.4 Å². The zero-order chi connectivity index (χ0) is 13.7. The second-order valence-corrected chi connectivity index (χ2v) is 4.82. The van der Waals surface area contributed by atoms with E-state index in [9.17, 15) is 9.59 Å². The Kier molecular flexibility index (Phi) is 4.55. The lowest BCUT2D eigenvalue weighted by Crippen LogP contribution is -2.30. The Hall–Kier alpha value is -1.84. The van der Waals surface area contributed by atoms with Crippen LogP contribution in [0.25, 0.3) is 0 Å². The summed E-state index contributed by atoms with van der Waals surface area (Å²) in [6, 6.07) is -0.0465. The summed E-state index contributed by atoms with van der Waals surface area (Å²) in [5, 5.41) is 14.3. The predicted octanol–water partition coefficient (Wildman–Crippen LogP) is -1.04. The summed E-state index contributed by atoms with van der Waals surface area (Å²) in [6.45, 7) is 1.99. The van der Waals surface area contributed by atoms with Gasteiger partial charge in [0.15, 0.2) is 0 Å². The van der Waals surface area contributed by atoms with Crippen LogP contribution in [0, 0.1) is 0 Å². The number of urea groups is 1. The quantitative estimate of drug-likeness (QED) is 0.526. The highest BCUT2D eigenvalue weighted by Gasteiger charge is 2.19. The first-order chi connectivity index (χ1) is 9.20. The normalized spacial score (nSPS) is 14.6. The number of nitrogens with zero attached hydrogens (tertiary/aromatic N) is 5. The zero-order valence-electron chi connectivity index (χ0n) is 10.4. The first-order valence-corrected chi connectivity index (χ1v) is 6.68. The number of amides is 2. The lowest BCUT2D eigenvalue weighted by molar-refractivity contribution is -0.141. The van der Waals surface area contributed by atoms with Crippen molar-refractivity contribution in [3.05, 3.63) is 0 Å². The molecule has 10 heteroatoms. The van der Waals surface area contributed by atoms with E-state index in [-0.39, 0.29) is 12.6 Å². The van der Waals surface area contributed by atoms with Gasteiger partial charge in [0, 0.05) is 25.4 Å². The van der Waals surface area contributed by atoms with E-state index < -0.39 is 5.97 Å². The first kappa shape index (κ1) is 13.6. The molecule has 1 aromatic heterocycles. The molecular formula is C9H14N6O3S. The molecule has 104 valence electrons. The number of rotatable bonds is 6. The number of hydrogen-bond acceptors (Lipinski definition) is 7. The van der Waals surface area contributed by atoms with Crippen molar-refractivity contribution in [3.63, 3.8) is 0 Å². The maximum absolute atomic E-state index is 11.3. The third kappa shape index (κ3) is 3.56. The molecule has 0 bridgehead atoms. The summed E-state index contributed by atoms with van der Waals surface area (Å²) < 4.78 is 5.93. The van der Waals surface area contributed by atoms with Crippen molar-refractivity contribution in [1.29, 1.82) is 0 Å². The molecule has 1 aliphatic rings. The minimum Gasteiger partial charge on any atom is -0.468 e. The van der Waals surface area contributed by atoms with Crippen LogP contribution in [0.3, 0.4) is 0 Å². The van der Waals surface area contributed by atoms with E-state index in [1.165, 1.54) is 23.6 Å². The number of hydrogen-bond donors (Lipinski definition) is 1. The average Bonchev–Trinajstić information content (AvgIpc) is 3.00. The smallest absolute Gasteiger partial charge is 0.327 e. The highest BCUT2D eigenvalue weighted by molar-refractivity contribution is 7.99. The number of methoxy groups -OCH3 is 1. The Morgan fingerprint density at radius 1 is 1.58 bits per heavy atom. The van der Waals surface area contributed by atoms with E-state index >= 15 is 0 Å². The Morgan fingerprint density at radius 3 is 3.11 bits per heavy atom. The number of carbonyl (C=O) groups excluding carboxylic acids is 2. The second kappa shape index (κ2) is 6.36. The Bertz CT molecular complexity index is 465. The van der Waals surface area contributed by atoms with Gasteiger partial charge < -0.3 is 15.0 Å². The van der Waals surface area contributed by atoms with Crippen molar-refractivity contribution < 1.29 is 14.3 Å². The van der Waals surface area contributed by atoms with Crippen LogP contribution in [0.4, 0.5) is 4.79 Å². The lowest BCUT2D eigenvalue weighted by Gasteiger charge is -2.12. The second-order valence-electron chi connectivity index (χ2n) is 3.76. The molecule has 2 rings (SSSR count). The summed E-state index contributed by atoms with van der Waals surface area (Å²) in [5.41, 5.74) is 0. The van der Waals surface area contributed by atoms with Crippen LogP contribution in [-0.2, 0) is 16.1 Å². The van der Waals surface area contributed by atoms with Crippen molar-refractivity contribution in [2.24, 2.45) is 0 Å². The molecule has 9 nitrogen and oxygen atoms in total. The average molecular weight is 286 g/mol. The Morgan fingerprint density at radius 2 is 2.42 bits per heavy atom. The predicted molar refractivity (Wildman–Crippen MR) is 65.5 cm³/mol. The van der Waals surface area contributed by atoms with Crippen LogP contribution in [0.15, 0.2) is 5.16 Å². The summed E-state index contributed by atoms with van der Waals surface area (Å²) in [7, 11) is 1.31. The van der Waals surface area contributed by atoms with Crippen LogP contribution in [0.2, 0.25) is 0 Å². The van der Waals surface area contributed by atoms with Crippen LogP contribution in [-0.4, -0.2) is 69.6 Å². The molecule has 0 saturated carbocycles. The molecule has 1 N–H and O–H groups in total. The van der Waals surface area contributed by atoms with Crippen molar-refractivity contribution in [3.8, 4) is 0 Å². The highest BCUT2D eigenvalue weighted by atomic mass is 32.2. The number of aromatic nitrogens is 4. The number of thioether (sulfide) groups is 1. The Balaban J connectivity index is 1.81. The highest BCUT2D eigenvalue weighted by Crippen LogP contribution is 2.14. The molecule has 1 aromatic rings. The first-order valence-electron chi connectivity index (χ1n) is 5.69. The summed E-state index contributed by atoms with van der Waals surface area (Å²) in [5.74, 6) is 0.252. The fourth-order valence-corrected chi connectivity index (χ4v) is 2.40. The summed E-state index contributed by atoms with van der Waals surface area (Å²) in [4.78, 5) is 24.2. The monoisotopic (exact) mass is 286 g/mol. The number of esters is 1. The van der Waals surface area contributed by atoms with Crippen LogP contribution >= 0.6 is 11.8 Å². The fourth-order valence-electron chi connectivity index (χ4n) is 1.56. The molecule has 0 radical (unpaired) electrons. The maximum Gasteiger partial charge on any atom is 0.327 e. The molecule has 0 aliphatic carbocycles. The third-order valence-electron chi connectivity index (χ3n) is 2.54. The molecule has 2 heterocycles. The zero-order valence-corrected chi connectivity index (χ0v) is 11.2. The van der Waals surface area contributed by atoms with Gasteiger partial charge >= 0.3 is 12.0 Å². The standard InChI is InChI=1S/C9H14N6O3S/c1-18-7(16)6-15-9(11-12-13-15)19-5-4-14-3-2-10-8(14)17/h2-6H2,1H3,(H,10,17). The molecule has 0 unspecified atom stereocenters. The van der Waals surface area contributed by atoms with Gasteiger partial charge in [0.05, 0.1) is 7.11 Å². The van der Waals surface area contributed by atoms with E-state index in [1.54, 1.807) is 4.90 Å². The lowest BCUT2D eigenvalue weighted by atomic mass is 10.6. The van der Waals surface area contributed by atoms with Crippen molar-refractivity contribution in [2.75, 3.05) is 32.5 Å². The molecule has 1 aliphatic heterocycles. The van der Waals surface area contributed by atoms with E-state index in [1.807, 2.05) is 0 Å². The number of carbonyl (C=O) groups is 2. The van der Waals surface area contributed by atoms with Gasteiger partial charge in [0.25, 0.3) is 0 Å². The van der Waals surface area contributed by atoms with Gasteiger partial charge in [-0.15, -0.1) is 5.10 Å². The fraction of sp³-hybridized carbons (Fsp3) is 0.667. The van der Waals surface area contributed by atoms with Crippen molar-refractivity contribution in [2.45, 2.75) is 11.7 Å². The van der Waals surface area contributed by atoms with Gasteiger partial charge in [-0.05, 0) is 10.4 Å². The van der Waals surface area contributed by atoms with Crippen LogP contribution < -0.4 is 5.32 Å². The van der Waals surface area contributed by atoms with Gasteiger partial charge in [-0.25, -0.2) is 9.48 Å². The number of tetrazole rings is 1. The number of nitrogens with one attached hydrogen (secondary N) is 1. The largest absolute Gasteiger partial charge is 0.468 e. The van der Waals surface area contributed by atoms with Gasteiger partial charge in [0.1, 0.15) is 6.54 Å². The van der Waals surface area contributed by atoms with Crippen LogP contribution in [0.5, 0.6) is 0 Å². The molecular weight excluding hydrogens is 272 g/mol. The maximum atomic E-state index is 11.3. The van der Waals surface area contributed by atoms with Crippen LogP contribution in [0.1, 0.15) is 0 Å². The van der Waals surface area contributed by atoms with Gasteiger partial charge in [-0.2, -0.15) is 0 Å². The van der Waals surface area contributed by atoms with Gasteiger partial charge in [-0.1, -0.05) is 11.8 Å². The molecule has 0 atom stereocenters. The molecule has 1 saturated heterocycles. The topological polar surface area (TPSA) is 102 Å². The van der Waals surface area contributed by atoms with Gasteiger partial charge in [-0.3, -0.25) is 4.79 Å².